The Kier molecular flexibility index (Phi) is 5.16. The molecule has 0 saturated heterocycles. The van der Waals surface area contributed by atoms with Crippen molar-refractivity contribution in [1.82, 2.24) is 5.32 Å². The van der Waals surface area contributed by atoms with Gasteiger partial charge in [0.25, 0.3) is 0 Å². The molecule has 0 amide bonds. The highest BCUT2D eigenvalue weighted by Gasteiger charge is 2.31. The fourth-order valence-corrected chi connectivity index (χ4v) is 3.90. The molecule has 1 aromatic rings. The van der Waals surface area contributed by atoms with Gasteiger partial charge in [-0.15, -0.1) is 0 Å². The molecule has 1 rings (SSSR count). The van der Waals surface area contributed by atoms with Crippen LogP contribution in [-0.4, -0.2) is 33.9 Å². The first-order valence-electron chi connectivity index (χ1n) is 6.03. The summed E-state index contributed by atoms with van der Waals surface area (Å²) in [6.45, 7) is 3.70. The zero-order valence-electron chi connectivity index (χ0n) is 11.3. The molecule has 0 aliphatic heterocycles. The highest BCUT2D eigenvalue weighted by atomic mass is 32.2. The third-order valence-corrected chi connectivity index (χ3v) is 5.50. The van der Waals surface area contributed by atoms with Crippen LogP contribution in [-0.2, 0) is 9.84 Å². The molecule has 0 saturated carbocycles. The summed E-state index contributed by atoms with van der Waals surface area (Å²) in [6.07, 6.45) is 0.756. The first-order chi connectivity index (χ1) is 8.48. The number of rotatable bonds is 6. The summed E-state index contributed by atoms with van der Waals surface area (Å²) < 4.78 is 30.2. The van der Waals surface area contributed by atoms with Gasteiger partial charge in [-0.3, -0.25) is 0 Å². The van der Waals surface area contributed by atoms with E-state index in [1.165, 1.54) is 7.11 Å². The lowest BCUT2D eigenvalue weighted by Gasteiger charge is -2.23. The normalized spacial score (nSPS) is 15.1. The summed E-state index contributed by atoms with van der Waals surface area (Å²) in [4.78, 5) is 0.258. The van der Waals surface area contributed by atoms with Gasteiger partial charge in [0, 0.05) is 6.04 Å². The molecule has 2 atom stereocenters. The molecular weight excluding hydrogens is 250 g/mol. The van der Waals surface area contributed by atoms with Gasteiger partial charge in [0.15, 0.2) is 9.84 Å². The first-order valence-corrected chi connectivity index (χ1v) is 7.57. The van der Waals surface area contributed by atoms with Crippen molar-refractivity contribution in [2.45, 2.75) is 36.5 Å². The van der Waals surface area contributed by atoms with Crippen molar-refractivity contribution in [1.29, 1.82) is 0 Å². The molecule has 0 aromatic heterocycles. The van der Waals surface area contributed by atoms with E-state index in [0.29, 0.717) is 5.75 Å². The van der Waals surface area contributed by atoms with Gasteiger partial charge in [-0.1, -0.05) is 19.1 Å². The molecule has 0 radical (unpaired) electrons. The highest BCUT2D eigenvalue weighted by molar-refractivity contribution is 7.92. The van der Waals surface area contributed by atoms with Gasteiger partial charge in [-0.2, -0.15) is 0 Å². The Hall–Kier alpha value is -1.07. The van der Waals surface area contributed by atoms with Gasteiger partial charge >= 0.3 is 0 Å². The monoisotopic (exact) mass is 271 g/mol. The molecule has 5 heteroatoms. The lowest BCUT2D eigenvalue weighted by atomic mass is 10.2. The third-order valence-electron chi connectivity index (χ3n) is 3.24. The zero-order chi connectivity index (χ0) is 13.8. The molecule has 0 fully saturated rings. The maximum Gasteiger partial charge on any atom is 0.186 e. The number of para-hydroxylation sites is 1. The molecular formula is C13H21NO3S. The largest absolute Gasteiger partial charge is 0.495 e. The van der Waals surface area contributed by atoms with Crippen molar-refractivity contribution in [2.75, 3.05) is 14.2 Å². The van der Waals surface area contributed by atoms with Gasteiger partial charge in [-0.25, -0.2) is 8.42 Å². The maximum absolute atomic E-state index is 12.6. The minimum absolute atomic E-state index is 0.0695. The second-order valence-electron chi connectivity index (χ2n) is 4.20. The predicted molar refractivity (Wildman–Crippen MR) is 72.8 cm³/mol. The summed E-state index contributed by atoms with van der Waals surface area (Å²) in [5.41, 5.74) is 0. The molecule has 1 aromatic carbocycles. The standard InChI is InChI=1S/C13H21NO3S/c1-5-11(14-3)10(2)18(15,16)13-9-7-6-8-12(13)17-4/h6-11,14H,5H2,1-4H3. The SMILES string of the molecule is CCC(NC)C(C)S(=O)(=O)c1ccccc1OC. The van der Waals surface area contributed by atoms with E-state index in [1.54, 1.807) is 38.2 Å². The van der Waals surface area contributed by atoms with Crippen LogP contribution in [0.15, 0.2) is 29.2 Å². The van der Waals surface area contributed by atoms with Crippen LogP contribution in [0.1, 0.15) is 20.3 Å². The Labute approximate surface area is 109 Å². The van der Waals surface area contributed by atoms with E-state index in [2.05, 4.69) is 5.32 Å². The highest BCUT2D eigenvalue weighted by Crippen LogP contribution is 2.28. The molecule has 4 nitrogen and oxygen atoms in total. The van der Waals surface area contributed by atoms with E-state index in [1.807, 2.05) is 6.92 Å². The molecule has 2 unspecified atom stereocenters. The Morgan fingerprint density at radius 1 is 1.33 bits per heavy atom. The fraction of sp³-hybridized carbons (Fsp3) is 0.538. The van der Waals surface area contributed by atoms with Gasteiger partial charge in [0.05, 0.1) is 12.4 Å². The Balaban J connectivity index is 3.21. The van der Waals surface area contributed by atoms with Crippen molar-refractivity contribution < 1.29 is 13.2 Å². The molecule has 1 N–H and O–H groups in total. The van der Waals surface area contributed by atoms with Crippen LogP contribution in [0.3, 0.4) is 0 Å². The van der Waals surface area contributed by atoms with Crippen LogP contribution in [0.2, 0.25) is 0 Å². The lowest BCUT2D eigenvalue weighted by Crippen LogP contribution is -2.40. The molecule has 0 aliphatic carbocycles. The van der Waals surface area contributed by atoms with Crippen molar-refractivity contribution in [3.8, 4) is 5.75 Å². The van der Waals surface area contributed by atoms with Crippen LogP contribution in [0.4, 0.5) is 0 Å². The number of hydrogen-bond donors (Lipinski definition) is 1. The van der Waals surface area contributed by atoms with E-state index >= 15 is 0 Å². The van der Waals surface area contributed by atoms with Gasteiger partial charge in [-0.05, 0) is 32.5 Å². The van der Waals surface area contributed by atoms with E-state index < -0.39 is 15.1 Å². The summed E-state index contributed by atoms with van der Waals surface area (Å²) in [7, 11) is -0.132. The van der Waals surface area contributed by atoms with Gasteiger partial charge in [0.1, 0.15) is 10.6 Å². The van der Waals surface area contributed by atoms with Crippen molar-refractivity contribution >= 4 is 9.84 Å². The van der Waals surface area contributed by atoms with Crippen LogP contribution < -0.4 is 10.1 Å². The Morgan fingerprint density at radius 3 is 2.44 bits per heavy atom. The van der Waals surface area contributed by atoms with E-state index in [9.17, 15) is 8.42 Å². The summed E-state index contributed by atoms with van der Waals surface area (Å²) in [5.74, 6) is 0.398. The second-order valence-corrected chi connectivity index (χ2v) is 6.48. The van der Waals surface area contributed by atoms with Gasteiger partial charge < -0.3 is 10.1 Å². The average molecular weight is 271 g/mol. The summed E-state index contributed by atoms with van der Waals surface area (Å²) in [5, 5.41) is 2.55. The third kappa shape index (κ3) is 2.84. The topological polar surface area (TPSA) is 55.4 Å². The van der Waals surface area contributed by atoms with Crippen LogP contribution in [0, 0.1) is 0 Å². The van der Waals surface area contributed by atoms with E-state index in [0.717, 1.165) is 6.42 Å². The number of sulfone groups is 1. The van der Waals surface area contributed by atoms with Crippen LogP contribution >= 0.6 is 0 Å². The van der Waals surface area contributed by atoms with Gasteiger partial charge in [0.2, 0.25) is 0 Å². The molecule has 0 bridgehead atoms. The molecule has 0 spiro atoms. The molecule has 102 valence electrons. The molecule has 0 heterocycles. The van der Waals surface area contributed by atoms with Crippen molar-refractivity contribution in [3.63, 3.8) is 0 Å². The number of nitrogens with one attached hydrogen (secondary N) is 1. The van der Waals surface area contributed by atoms with Crippen LogP contribution in [0.5, 0.6) is 5.75 Å². The van der Waals surface area contributed by atoms with Crippen LogP contribution in [0.25, 0.3) is 0 Å². The van der Waals surface area contributed by atoms with Crippen molar-refractivity contribution in [3.05, 3.63) is 24.3 Å². The zero-order valence-corrected chi connectivity index (χ0v) is 12.1. The fourth-order valence-electron chi connectivity index (χ4n) is 2.04. The minimum Gasteiger partial charge on any atom is -0.495 e. The Morgan fingerprint density at radius 2 is 1.94 bits per heavy atom. The quantitative estimate of drug-likeness (QED) is 0.858. The Bertz CT molecular complexity index is 481. The summed E-state index contributed by atoms with van der Waals surface area (Å²) >= 11 is 0. The predicted octanol–water partition coefficient (Wildman–Crippen LogP) is 1.86. The number of benzene rings is 1. The number of ether oxygens (including phenoxy) is 1. The smallest absolute Gasteiger partial charge is 0.186 e. The molecule has 0 aliphatic rings. The molecule has 18 heavy (non-hydrogen) atoms. The van der Waals surface area contributed by atoms with E-state index in [-0.39, 0.29) is 10.9 Å². The maximum atomic E-state index is 12.6. The average Bonchev–Trinajstić information content (AvgIpc) is 2.39. The number of methoxy groups -OCH3 is 1. The summed E-state index contributed by atoms with van der Waals surface area (Å²) in [6, 6.07) is 6.66. The lowest BCUT2D eigenvalue weighted by molar-refractivity contribution is 0.401. The van der Waals surface area contributed by atoms with E-state index in [4.69, 9.17) is 4.74 Å². The second kappa shape index (κ2) is 6.20. The minimum atomic E-state index is -3.39. The van der Waals surface area contributed by atoms with Crippen molar-refractivity contribution in [2.24, 2.45) is 0 Å². The first kappa shape index (κ1) is 15.0. The number of hydrogen-bond acceptors (Lipinski definition) is 4.